The van der Waals surface area contributed by atoms with E-state index in [2.05, 4.69) is 17.0 Å². The first-order chi connectivity index (χ1) is 12.7. The SMILES string of the molecule is CC1C(=O)N(Cc2ccc3c(c2)OCCO3)CCN1Cc1ccccc1. The molecule has 2 aromatic rings. The van der Waals surface area contributed by atoms with E-state index in [1.807, 2.05) is 48.2 Å². The van der Waals surface area contributed by atoms with E-state index in [1.54, 1.807) is 0 Å². The summed E-state index contributed by atoms with van der Waals surface area (Å²) in [6.45, 7) is 6.21. The molecule has 136 valence electrons. The topological polar surface area (TPSA) is 42.0 Å². The van der Waals surface area contributed by atoms with Crippen LogP contribution in [0.1, 0.15) is 18.1 Å². The number of carbonyl (C=O) groups excluding carboxylic acids is 1. The van der Waals surface area contributed by atoms with Gasteiger partial charge in [0.25, 0.3) is 0 Å². The van der Waals surface area contributed by atoms with Crippen molar-refractivity contribution < 1.29 is 14.3 Å². The van der Waals surface area contributed by atoms with Crippen molar-refractivity contribution in [2.75, 3.05) is 26.3 Å². The Hall–Kier alpha value is -2.53. The maximum atomic E-state index is 12.8. The monoisotopic (exact) mass is 352 g/mol. The van der Waals surface area contributed by atoms with Gasteiger partial charge in [-0.3, -0.25) is 9.69 Å². The molecule has 1 fully saturated rings. The van der Waals surface area contributed by atoms with Gasteiger partial charge in [-0.25, -0.2) is 0 Å². The normalized spacial score (nSPS) is 20.3. The number of piperazine rings is 1. The van der Waals surface area contributed by atoms with E-state index in [0.717, 1.165) is 36.7 Å². The molecule has 2 aliphatic heterocycles. The first-order valence-corrected chi connectivity index (χ1v) is 9.16. The van der Waals surface area contributed by atoms with Crippen LogP contribution in [-0.4, -0.2) is 48.1 Å². The number of carbonyl (C=O) groups is 1. The van der Waals surface area contributed by atoms with Gasteiger partial charge >= 0.3 is 0 Å². The van der Waals surface area contributed by atoms with E-state index in [-0.39, 0.29) is 11.9 Å². The van der Waals surface area contributed by atoms with Crippen molar-refractivity contribution in [1.82, 2.24) is 9.80 Å². The number of rotatable bonds is 4. The molecule has 1 amide bonds. The Morgan fingerprint density at radius 3 is 2.50 bits per heavy atom. The van der Waals surface area contributed by atoms with Crippen molar-refractivity contribution in [2.24, 2.45) is 0 Å². The van der Waals surface area contributed by atoms with E-state index < -0.39 is 0 Å². The van der Waals surface area contributed by atoms with Crippen molar-refractivity contribution in [3.8, 4) is 11.5 Å². The van der Waals surface area contributed by atoms with E-state index in [1.165, 1.54) is 5.56 Å². The molecule has 5 heteroatoms. The lowest BCUT2D eigenvalue weighted by atomic mass is 10.1. The van der Waals surface area contributed by atoms with Gasteiger partial charge in [0.1, 0.15) is 13.2 Å². The molecule has 1 saturated heterocycles. The van der Waals surface area contributed by atoms with Crippen molar-refractivity contribution in [1.29, 1.82) is 0 Å². The number of benzene rings is 2. The van der Waals surface area contributed by atoms with Crippen LogP contribution in [0.5, 0.6) is 11.5 Å². The molecule has 1 atom stereocenters. The van der Waals surface area contributed by atoms with Gasteiger partial charge in [0, 0.05) is 26.2 Å². The minimum atomic E-state index is -0.110. The van der Waals surface area contributed by atoms with E-state index >= 15 is 0 Å². The second-order valence-corrected chi connectivity index (χ2v) is 6.87. The number of hydrogen-bond acceptors (Lipinski definition) is 4. The quantitative estimate of drug-likeness (QED) is 0.848. The summed E-state index contributed by atoms with van der Waals surface area (Å²) in [4.78, 5) is 17.0. The molecule has 0 saturated carbocycles. The van der Waals surface area contributed by atoms with Gasteiger partial charge in [-0.05, 0) is 30.2 Å². The zero-order valence-corrected chi connectivity index (χ0v) is 15.1. The average Bonchev–Trinajstić information content (AvgIpc) is 2.68. The molecule has 5 nitrogen and oxygen atoms in total. The zero-order chi connectivity index (χ0) is 17.9. The number of nitrogens with zero attached hydrogens (tertiary/aromatic N) is 2. The van der Waals surface area contributed by atoms with Crippen LogP contribution in [0.2, 0.25) is 0 Å². The molecule has 2 aromatic carbocycles. The first kappa shape index (κ1) is 16.9. The predicted octanol–water partition coefficient (Wildman–Crippen LogP) is 2.69. The van der Waals surface area contributed by atoms with Gasteiger partial charge in [0.05, 0.1) is 6.04 Å². The van der Waals surface area contributed by atoms with Gasteiger partial charge in [0.2, 0.25) is 5.91 Å². The standard InChI is InChI=1S/C21H24N2O3/c1-16-21(24)23(10-9-22(16)14-17-5-3-2-4-6-17)15-18-7-8-19-20(13-18)26-12-11-25-19/h2-8,13,16H,9-12,14-15H2,1H3. The van der Waals surface area contributed by atoms with Crippen LogP contribution in [0.3, 0.4) is 0 Å². The van der Waals surface area contributed by atoms with Gasteiger partial charge in [0.15, 0.2) is 11.5 Å². The Balaban J connectivity index is 1.41. The highest BCUT2D eigenvalue weighted by Gasteiger charge is 2.31. The summed E-state index contributed by atoms with van der Waals surface area (Å²) in [6.07, 6.45) is 0. The van der Waals surface area contributed by atoms with E-state index in [9.17, 15) is 4.79 Å². The second kappa shape index (κ2) is 7.38. The molecular formula is C21H24N2O3. The highest BCUT2D eigenvalue weighted by atomic mass is 16.6. The lowest BCUT2D eigenvalue weighted by Crippen LogP contribution is -2.54. The fourth-order valence-corrected chi connectivity index (χ4v) is 3.57. The van der Waals surface area contributed by atoms with Crippen LogP contribution < -0.4 is 9.47 Å². The summed E-state index contributed by atoms with van der Waals surface area (Å²) in [5.74, 6) is 1.74. The molecule has 2 aliphatic rings. The summed E-state index contributed by atoms with van der Waals surface area (Å²) < 4.78 is 11.2. The van der Waals surface area contributed by atoms with Crippen LogP contribution in [0.4, 0.5) is 0 Å². The maximum Gasteiger partial charge on any atom is 0.239 e. The Morgan fingerprint density at radius 1 is 0.923 bits per heavy atom. The second-order valence-electron chi connectivity index (χ2n) is 6.87. The first-order valence-electron chi connectivity index (χ1n) is 9.16. The van der Waals surface area contributed by atoms with Crippen molar-refractivity contribution in [2.45, 2.75) is 26.1 Å². The van der Waals surface area contributed by atoms with Crippen molar-refractivity contribution in [3.63, 3.8) is 0 Å². The Kier molecular flexibility index (Phi) is 4.80. The zero-order valence-electron chi connectivity index (χ0n) is 15.1. The van der Waals surface area contributed by atoms with Crippen molar-refractivity contribution >= 4 is 5.91 Å². The highest BCUT2D eigenvalue weighted by Crippen LogP contribution is 2.31. The molecule has 0 N–H and O–H groups in total. The summed E-state index contributed by atoms with van der Waals surface area (Å²) in [5.41, 5.74) is 2.32. The van der Waals surface area contributed by atoms with Crippen LogP contribution in [0, 0.1) is 0 Å². The third-order valence-corrected chi connectivity index (χ3v) is 5.08. The molecular weight excluding hydrogens is 328 g/mol. The smallest absolute Gasteiger partial charge is 0.239 e. The molecule has 2 heterocycles. The van der Waals surface area contributed by atoms with Crippen molar-refractivity contribution in [3.05, 3.63) is 59.7 Å². The highest BCUT2D eigenvalue weighted by molar-refractivity contribution is 5.82. The molecule has 0 bridgehead atoms. The molecule has 26 heavy (non-hydrogen) atoms. The molecule has 0 radical (unpaired) electrons. The van der Waals surface area contributed by atoms with Gasteiger partial charge in [-0.1, -0.05) is 36.4 Å². The van der Waals surface area contributed by atoms with E-state index in [0.29, 0.717) is 19.8 Å². The maximum absolute atomic E-state index is 12.8. The van der Waals surface area contributed by atoms with Gasteiger partial charge in [-0.2, -0.15) is 0 Å². The Labute approximate surface area is 154 Å². The minimum Gasteiger partial charge on any atom is -0.486 e. The number of fused-ring (bicyclic) bond motifs is 1. The van der Waals surface area contributed by atoms with Crippen LogP contribution >= 0.6 is 0 Å². The minimum absolute atomic E-state index is 0.110. The Morgan fingerprint density at radius 2 is 1.69 bits per heavy atom. The lowest BCUT2D eigenvalue weighted by Gasteiger charge is -2.39. The fourth-order valence-electron chi connectivity index (χ4n) is 3.57. The van der Waals surface area contributed by atoms with Gasteiger partial charge in [-0.15, -0.1) is 0 Å². The summed E-state index contributed by atoms with van der Waals surface area (Å²) >= 11 is 0. The summed E-state index contributed by atoms with van der Waals surface area (Å²) in [6, 6.07) is 16.1. The van der Waals surface area contributed by atoms with Gasteiger partial charge < -0.3 is 14.4 Å². The van der Waals surface area contributed by atoms with Crippen LogP contribution in [0.15, 0.2) is 48.5 Å². The van der Waals surface area contributed by atoms with E-state index in [4.69, 9.17) is 9.47 Å². The number of amides is 1. The Bertz CT molecular complexity index is 778. The molecule has 0 aliphatic carbocycles. The summed E-state index contributed by atoms with van der Waals surface area (Å²) in [5, 5.41) is 0. The average molecular weight is 352 g/mol. The number of hydrogen-bond donors (Lipinski definition) is 0. The molecule has 1 unspecified atom stereocenters. The summed E-state index contributed by atoms with van der Waals surface area (Å²) in [7, 11) is 0. The molecule has 0 spiro atoms. The number of ether oxygens (including phenoxy) is 2. The molecule has 0 aromatic heterocycles. The van der Waals surface area contributed by atoms with Crippen LogP contribution in [0.25, 0.3) is 0 Å². The lowest BCUT2D eigenvalue weighted by molar-refractivity contribution is -0.142. The fraction of sp³-hybridized carbons (Fsp3) is 0.381. The molecule has 4 rings (SSSR count). The third kappa shape index (κ3) is 3.53. The third-order valence-electron chi connectivity index (χ3n) is 5.08. The largest absolute Gasteiger partial charge is 0.486 e. The van der Waals surface area contributed by atoms with Crippen LogP contribution in [-0.2, 0) is 17.9 Å². The predicted molar refractivity (Wildman–Crippen MR) is 99.2 cm³/mol.